The van der Waals surface area contributed by atoms with Crippen LogP contribution in [0.4, 0.5) is 0 Å². The molecule has 0 aliphatic carbocycles. The average molecular weight is 312 g/mol. The zero-order valence-corrected chi connectivity index (χ0v) is 12.5. The van der Waals surface area contributed by atoms with Gasteiger partial charge in [-0.05, 0) is 35.3 Å². The van der Waals surface area contributed by atoms with Crippen LogP contribution in [0.1, 0.15) is 20.9 Å². The van der Waals surface area contributed by atoms with E-state index < -0.39 is 0 Å². The van der Waals surface area contributed by atoms with E-state index in [0.717, 1.165) is 22.3 Å². The van der Waals surface area contributed by atoms with Crippen LogP contribution in [0.3, 0.4) is 0 Å². The van der Waals surface area contributed by atoms with E-state index in [1.54, 1.807) is 13.0 Å². The summed E-state index contributed by atoms with van der Waals surface area (Å²) in [4.78, 5) is 12.3. The molecule has 7 heteroatoms. The van der Waals surface area contributed by atoms with E-state index >= 15 is 0 Å². The van der Waals surface area contributed by atoms with Crippen molar-refractivity contribution in [2.45, 2.75) is 6.92 Å². The molecule has 0 saturated heterocycles. The molecular weight excluding hydrogens is 300 g/mol. The lowest BCUT2D eigenvalue weighted by Crippen LogP contribution is -2.17. The van der Waals surface area contributed by atoms with Gasteiger partial charge in [-0.25, -0.2) is 5.43 Å². The van der Waals surface area contributed by atoms with Gasteiger partial charge in [0.05, 0.1) is 11.9 Å². The number of hydrazone groups is 1. The van der Waals surface area contributed by atoms with Gasteiger partial charge in [-0.1, -0.05) is 34.8 Å². The van der Waals surface area contributed by atoms with E-state index in [1.807, 2.05) is 30.3 Å². The van der Waals surface area contributed by atoms with Gasteiger partial charge in [-0.2, -0.15) is 5.10 Å². The zero-order valence-electron chi connectivity index (χ0n) is 11.6. The number of aromatic hydroxyl groups is 1. The molecule has 1 aromatic heterocycles. The van der Waals surface area contributed by atoms with Crippen LogP contribution in [-0.4, -0.2) is 26.8 Å². The molecule has 3 aromatic rings. The Bertz CT molecular complexity index is 873. The topological polar surface area (TPSA) is 87.5 Å². The van der Waals surface area contributed by atoms with E-state index in [0.29, 0.717) is 16.1 Å². The monoisotopic (exact) mass is 312 g/mol. The summed E-state index contributed by atoms with van der Waals surface area (Å²) < 4.78 is 3.70. The molecule has 0 aliphatic heterocycles. The number of hydrogen-bond donors (Lipinski definition) is 2. The number of nitrogens with one attached hydrogen (secondary N) is 1. The molecule has 6 nitrogen and oxygen atoms in total. The quantitative estimate of drug-likeness (QED) is 0.574. The maximum absolute atomic E-state index is 11.9. The van der Waals surface area contributed by atoms with Gasteiger partial charge >= 0.3 is 0 Å². The summed E-state index contributed by atoms with van der Waals surface area (Å²) in [6.45, 7) is 1.71. The number of aryl methyl sites for hydroxylation is 1. The summed E-state index contributed by atoms with van der Waals surface area (Å²) in [7, 11) is 0. The van der Waals surface area contributed by atoms with Crippen molar-refractivity contribution < 1.29 is 9.90 Å². The smallest absolute Gasteiger partial charge is 0.285 e. The molecule has 0 bridgehead atoms. The number of carbonyl (C=O) groups excluding carboxylic acids is 1. The third kappa shape index (κ3) is 2.66. The molecule has 0 unspecified atom stereocenters. The van der Waals surface area contributed by atoms with E-state index in [9.17, 15) is 9.90 Å². The lowest BCUT2D eigenvalue weighted by Gasteiger charge is -2.04. The van der Waals surface area contributed by atoms with E-state index in [1.165, 1.54) is 6.21 Å². The average Bonchev–Trinajstić information content (AvgIpc) is 2.95. The van der Waals surface area contributed by atoms with Crippen molar-refractivity contribution in [3.8, 4) is 5.75 Å². The minimum atomic E-state index is -0.372. The maximum atomic E-state index is 11.9. The largest absolute Gasteiger partial charge is 0.507 e. The third-order valence-electron chi connectivity index (χ3n) is 3.17. The fourth-order valence-corrected chi connectivity index (χ4v) is 2.61. The van der Waals surface area contributed by atoms with Gasteiger partial charge in [0.1, 0.15) is 10.6 Å². The molecule has 110 valence electrons. The van der Waals surface area contributed by atoms with Crippen LogP contribution < -0.4 is 5.43 Å². The lowest BCUT2D eigenvalue weighted by molar-refractivity contribution is 0.0958. The van der Waals surface area contributed by atoms with Gasteiger partial charge in [0.25, 0.3) is 5.91 Å². The minimum absolute atomic E-state index is 0.104. The Hall–Kier alpha value is -2.80. The molecule has 3 rings (SSSR count). The Morgan fingerprint density at radius 2 is 2.14 bits per heavy atom. The number of carbonyl (C=O) groups is 1. The van der Waals surface area contributed by atoms with E-state index in [4.69, 9.17) is 0 Å². The van der Waals surface area contributed by atoms with Crippen LogP contribution in [0.2, 0.25) is 0 Å². The van der Waals surface area contributed by atoms with Crippen LogP contribution >= 0.6 is 11.5 Å². The van der Waals surface area contributed by atoms with Crippen molar-refractivity contribution in [1.82, 2.24) is 15.0 Å². The normalized spacial score (nSPS) is 11.1. The van der Waals surface area contributed by atoms with Crippen LogP contribution in [0, 0.1) is 6.92 Å². The molecule has 1 amide bonds. The highest BCUT2D eigenvalue weighted by atomic mass is 32.1. The summed E-state index contributed by atoms with van der Waals surface area (Å²) in [5.41, 5.74) is 3.53. The summed E-state index contributed by atoms with van der Waals surface area (Å²) in [5, 5.41) is 19.5. The summed E-state index contributed by atoms with van der Waals surface area (Å²) in [5.74, 6) is -0.268. The van der Waals surface area contributed by atoms with Gasteiger partial charge in [-0.15, -0.1) is 5.10 Å². The van der Waals surface area contributed by atoms with E-state index in [-0.39, 0.29) is 11.7 Å². The fourth-order valence-electron chi connectivity index (χ4n) is 2.07. The summed E-state index contributed by atoms with van der Waals surface area (Å²) in [6.07, 6.45) is 1.43. The fraction of sp³-hybridized carbons (Fsp3) is 0.0667. The lowest BCUT2D eigenvalue weighted by atomic mass is 10.0. The van der Waals surface area contributed by atoms with Crippen molar-refractivity contribution in [3.63, 3.8) is 0 Å². The minimum Gasteiger partial charge on any atom is -0.507 e. The van der Waals surface area contributed by atoms with Crippen molar-refractivity contribution in [3.05, 3.63) is 52.5 Å². The molecule has 2 N–H and O–H groups in total. The van der Waals surface area contributed by atoms with Gasteiger partial charge in [0.2, 0.25) is 0 Å². The number of rotatable bonds is 3. The Morgan fingerprint density at radius 3 is 2.91 bits per heavy atom. The Morgan fingerprint density at radius 1 is 1.32 bits per heavy atom. The third-order valence-corrected chi connectivity index (χ3v) is 3.99. The first kappa shape index (κ1) is 14.2. The second-order valence-corrected chi connectivity index (χ2v) is 5.36. The van der Waals surface area contributed by atoms with Gasteiger partial charge in [0, 0.05) is 5.56 Å². The first-order chi connectivity index (χ1) is 10.7. The number of benzene rings is 2. The van der Waals surface area contributed by atoms with Gasteiger partial charge in [-0.3, -0.25) is 4.79 Å². The molecule has 1 heterocycles. The van der Waals surface area contributed by atoms with E-state index in [2.05, 4.69) is 20.1 Å². The molecule has 0 saturated carbocycles. The van der Waals surface area contributed by atoms with Crippen molar-refractivity contribution in [2.24, 2.45) is 5.10 Å². The van der Waals surface area contributed by atoms with Crippen LogP contribution in [0.5, 0.6) is 5.75 Å². The molecule has 0 fully saturated rings. The Balaban J connectivity index is 1.86. The maximum Gasteiger partial charge on any atom is 0.285 e. The number of phenolic OH excluding ortho intramolecular Hbond substituents is 1. The second-order valence-electron chi connectivity index (χ2n) is 4.61. The molecule has 22 heavy (non-hydrogen) atoms. The highest BCUT2D eigenvalue weighted by Gasteiger charge is 2.12. The highest BCUT2D eigenvalue weighted by Crippen LogP contribution is 2.25. The summed E-state index contributed by atoms with van der Waals surface area (Å²) in [6, 6.07) is 11.0. The van der Waals surface area contributed by atoms with Crippen LogP contribution in [-0.2, 0) is 0 Å². The zero-order chi connectivity index (χ0) is 15.5. The van der Waals surface area contributed by atoms with Gasteiger partial charge < -0.3 is 5.11 Å². The predicted octanol–water partition coefficient (Wildman–Crippen LogP) is 2.47. The van der Waals surface area contributed by atoms with Crippen molar-refractivity contribution in [1.29, 1.82) is 0 Å². The molecule has 2 aromatic carbocycles. The second kappa shape index (κ2) is 5.90. The first-order valence-electron chi connectivity index (χ1n) is 6.50. The first-order valence-corrected chi connectivity index (χ1v) is 7.27. The Labute approximate surface area is 130 Å². The molecule has 0 aliphatic rings. The number of aromatic nitrogens is 2. The standard InChI is InChI=1S/C15H12N4O2S/c1-9-14(22-19-17-9)15(21)18-16-8-12-11-5-3-2-4-10(11)6-7-13(12)20/h2-8,20H,1H3,(H,18,21)/b16-8-. The number of nitrogens with zero attached hydrogens (tertiary/aromatic N) is 3. The molecule has 0 radical (unpaired) electrons. The SMILES string of the molecule is Cc1nnsc1C(=O)N/N=C\c1c(O)ccc2ccccc12. The van der Waals surface area contributed by atoms with Crippen LogP contribution in [0.25, 0.3) is 10.8 Å². The summed E-state index contributed by atoms with van der Waals surface area (Å²) >= 11 is 1.01. The highest BCUT2D eigenvalue weighted by molar-refractivity contribution is 7.07. The predicted molar refractivity (Wildman–Crippen MR) is 85.3 cm³/mol. The van der Waals surface area contributed by atoms with Crippen molar-refractivity contribution in [2.75, 3.05) is 0 Å². The molecular formula is C15H12N4O2S. The Kier molecular flexibility index (Phi) is 3.80. The number of amides is 1. The van der Waals surface area contributed by atoms with Crippen LogP contribution in [0.15, 0.2) is 41.5 Å². The molecule has 0 spiro atoms. The number of hydrogen-bond acceptors (Lipinski definition) is 6. The van der Waals surface area contributed by atoms with Gasteiger partial charge in [0.15, 0.2) is 0 Å². The van der Waals surface area contributed by atoms with Crippen molar-refractivity contribution >= 4 is 34.4 Å². The number of fused-ring (bicyclic) bond motifs is 1. The number of phenols is 1. The molecule has 0 atom stereocenters.